The summed E-state index contributed by atoms with van der Waals surface area (Å²) >= 11 is 6.33. The summed E-state index contributed by atoms with van der Waals surface area (Å²) in [6, 6.07) is 14.1. The lowest BCUT2D eigenvalue weighted by Gasteiger charge is -2.37. The number of aromatic nitrogens is 1. The Kier molecular flexibility index (Phi) is 5.53. The molecule has 1 aromatic heterocycles. The highest BCUT2D eigenvalue weighted by Crippen LogP contribution is 2.27. The predicted octanol–water partition coefficient (Wildman–Crippen LogP) is 4.05. The predicted molar refractivity (Wildman–Crippen MR) is 113 cm³/mol. The van der Waals surface area contributed by atoms with Crippen molar-refractivity contribution in [3.8, 4) is 0 Å². The first-order chi connectivity index (χ1) is 14.0. The summed E-state index contributed by atoms with van der Waals surface area (Å²) in [7, 11) is 0. The van der Waals surface area contributed by atoms with Crippen LogP contribution in [0.25, 0.3) is 0 Å². The third-order valence-electron chi connectivity index (χ3n) is 5.29. The molecular formula is C22H21ClFN3O2. The van der Waals surface area contributed by atoms with Crippen molar-refractivity contribution in [1.82, 2.24) is 5.16 Å². The van der Waals surface area contributed by atoms with Crippen LogP contribution in [-0.2, 0) is 6.42 Å². The average Bonchev–Trinajstić information content (AvgIpc) is 2.73. The Labute approximate surface area is 173 Å². The molecule has 1 aliphatic heterocycles. The number of aryl methyl sites for hydroxylation is 1. The quantitative estimate of drug-likeness (QED) is 0.645. The maximum atomic E-state index is 13.2. The smallest absolute Gasteiger partial charge is 0.368 e. The molecule has 150 valence electrons. The Bertz CT molecular complexity index is 1060. The zero-order valence-electron chi connectivity index (χ0n) is 16.1. The van der Waals surface area contributed by atoms with Crippen LogP contribution in [0, 0.1) is 12.7 Å². The van der Waals surface area contributed by atoms with E-state index in [2.05, 4.69) is 10.1 Å². The van der Waals surface area contributed by atoms with Gasteiger partial charge >= 0.3 is 5.63 Å². The van der Waals surface area contributed by atoms with Gasteiger partial charge in [-0.15, -0.1) is 0 Å². The zero-order valence-corrected chi connectivity index (χ0v) is 16.8. The molecule has 3 aromatic rings. The van der Waals surface area contributed by atoms with Crippen molar-refractivity contribution >= 4 is 23.0 Å². The van der Waals surface area contributed by atoms with Crippen molar-refractivity contribution < 1.29 is 8.91 Å². The molecule has 1 aliphatic rings. The monoisotopic (exact) mass is 413 g/mol. The molecule has 2 aromatic carbocycles. The lowest BCUT2D eigenvalue weighted by Crippen LogP contribution is -2.48. The number of nitrogens with zero attached hydrogens (tertiary/aromatic N) is 3. The Morgan fingerprint density at radius 2 is 1.69 bits per heavy atom. The van der Waals surface area contributed by atoms with E-state index < -0.39 is 5.63 Å². The zero-order chi connectivity index (χ0) is 20.4. The van der Waals surface area contributed by atoms with Crippen LogP contribution in [0.15, 0.2) is 57.8 Å². The Balaban J connectivity index is 1.59. The van der Waals surface area contributed by atoms with Crippen molar-refractivity contribution in [2.75, 3.05) is 36.0 Å². The largest absolute Gasteiger partial charge is 0.382 e. The molecule has 0 spiro atoms. The van der Waals surface area contributed by atoms with Gasteiger partial charge in [-0.25, -0.2) is 9.18 Å². The van der Waals surface area contributed by atoms with Gasteiger partial charge in [0.1, 0.15) is 11.5 Å². The van der Waals surface area contributed by atoms with Crippen LogP contribution in [0.3, 0.4) is 0 Å². The molecule has 0 radical (unpaired) electrons. The summed E-state index contributed by atoms with van der Waals surface area (Å²) in [5.41, 5.74) is 3.55. The molecule has 0 atom stereocenters. The number of hydrogen-bond donors (Lipinski definition) is 0. The lowest BCUT2D eigenvalue weighted by molar-refractivity contribution is 0.360. The summed E-state index contributed by atoms with van der Waals surface area (Å²) in [6.07, 6.45) is 0.512. The SMILES string of the molecule is Cc1noc(=O)c(N2CCN(c3ccc(F)cc3)CC2)c1Cc1ccccc1Cl. The molecule has 0 bridgehead atoms. The second kappa shape index (κ2) is 8.25. The molecule has 0 unspecified atom stereocenters. The minimum atomic E-state index is -0.437. The second-order valence-corrected chi connectivity index (χ2v) is 7.51. The molecule has 29 heavy (non-hydrogen) atoms. The first-order valence-corrected chi connectivity index (χ1v) is 9.89. The summed E-state index contributed by atoms with van der Waals surface area (Å²) in [6.45, 7) is 4.59. The Morgan fingerprint density at radius 3 is 2.38 bits per heavy atom. The molecule has 1 saturated heterocycles. The van der Waals surface area contributed by atoms with Gasteiger partial charge < -0.3 is 14.3 Å². The maximum absolute atomic E-state index is 13.2. The molecule has 0 saturated carbocycles. The second-order valence-electron chi connectivity index (χ2n) is 7.10. The minimum absolute atomic E-state index is 0.249. The average molecular weight is 414 g/mol. The van der Waals surface area contributed by atoms with E-state index in [0.717, 1.165) is 29.9 Å². The van der Waals surface area contributed by atoms with Crippen LogP contribution in [-0.4, -0.2) is 31.3 Å². The number of piperazine rings is 1. The van der Waals surface area contributed by atoms with Crippen LogP contribution in [0.1, 0.15) is 16.8 Å². The summed E-state index contributed by atoms with van der Waals surface area (Å²) in [5, 5.41) is 4.59. The molecule has 0 aliphatic carbocycles. The van der Waals surface area contributed by atoms with Gasteiger partial charge in [-0.2, -0.15) is 0 Å². The highest BCUT2D eigenvalue weighted by atomic mass is 35.5. The molecule has 5 nitrogen and oxygen atoms in total. The number of hydrogen-bond acceptors (Lipinski definition) is 5. The van der Waals surface area contributed by atoms with E-state index in [1.165, 1.54) is 12.1 Å². The van der Waals surface area contributed by atoms with Crippen LogP contribution in [0.4, 0.5) is 15.8 Å². The van der Waals surface area contributed by atoms with Crippen molar-refractivity contribution in [2.45, 2.75) is 13.3 Å². The van der Waals surface area contributed by atoms with Crippen molar-refractivity contribution in [3.05, 3.63) is 86.6 Å². The van der Waals surface area contributed by atoms with Crippen molar-refractivity contribution in [3.63, 3.8) is 0 Å². The normalized spacial score (nSPS) is 14.3. The molecule has 0 amide bonds. The van der Waals surface area contributed by atoms with Gasteiger partial charge in [0.15, 0.2) is 0 Å². The number of benzene rings is 2. The fourth-order valence-corrected chi connectivity index (χ4v) is 3.91. The molecule has 2 heterocycles. The fraction of sp³-hybridized carbons (Fsp3) is 0.273. The van der Waals surface area contributed by atoms with E-state index in [0.29, 0.717) is 35.9 Å². The van der Waals surface area contributed by atoms with Gasteiger partial charge in [0.25, 0.3) is 0 Å². The standard InChI is InChI=1S/C22H21ClFN3O2/c1-15-19(14-16-4-2-3-5-20(16)23)21(22(28)29-25-15)27-12-10-26(11-13-27)18-8-6-17(24)7-9-18/h2-9H,10-14H2,1H3. The number of rotatable bonds is 4. The molecule has 4 rings (SSSR count). The van der Waals surface area contributed by atoms with Crippen LogP contribution < -0.4 is 15.4 Å². The number of halogens is 2. The molecule has 1 fully saturated rings. The first kappa shape index (κ1) is 19.5. The van der Waals surface area contributed by atoms with E-state index in [1.54, 1.807) is 12.1 Å². The van der Waals surface area contributed by atoms with E-state index in [1.807, 2.05) is 36.1 Å². The van der Waals surface area contributed by atoms with Gasteiger partial charge in [0, 0.05) is 48.9 Å². The molecule has 0 N–H and O–H groups in total. The van der Waals surface area contributed by atoms with E-state index in [-0.39, 0.29) is 5.82 Å². The summed E-state index contributed by atoms with van der Waals surface area (Å²) < 4.78 is 18.2. The third kappa shape index (κ3) is 4.12. The first-order valence-electron chi connectivity index (χ1n) is 9.51. The summed E-state index contributed by atoms with van der Waals surface area (Å²) in [4.78, 5) is 16.8. The lowest BCUT2D eigenvalue weighted by atomic mass is 10.0. The van der Waals surface area contributed by atoms with Crippen molar-refractivity contribution in [1.29, 1.82) is 0 Å². The van der Waals surface area contributed by atoms with Gasteiger partial charge in [-0.05, 0) is 42.8 Å². The van der Waals surface area contributed by atoms with E-state index in [4.69, 9.17) is 16.1 Å². The molecular weight excluding hydrogens is 393 g/mol. The fourth-order valence-electron chi connectivity index (χ4n) is 3.71. The van der Waals surface area contributed by atoms with Gasteiger partial charge in [0.2, 0.25) is 0 Å². The van der Waals surface area contributed by atoms with Crippen molar-refractivity contribution in [2.24, 2.45) is 0 Å². The number of anilines is 2. The highest BCUT2D eigenvalue weighted by Gasteiger charge is 2.25. The van der Waals surface area contributed by atoms with Crippen LogP contribution in [0.2, 0.25) is 5.02 Å². The van der Waals surface area contributed by atoms with Gasteiger partial charge in [-0.3, -0.25) is 0 Å². The third-order valence-corrected chi connectivity index (χ3v) is 5.66. The topological polar surface area (TPSA) is 49.6 Å². The molecule has 7 heteroatoms. The van der Waals surface area contributed by atoms with Crippen LogP contribution >= 0.6 is 11.6 Å². The van der Waals surface area contributed by atoms with E-state index in [9.17, 15) is 9.18 Å². The maximum Gasteiger partial charge on any atom is 0.382 e. The minimum Gasteiger partial charge on any atom is -0.368 e. The van der Waals surface area contributed by atoms with E-state index >= 15 is 0 Å². The highest BCUT2D eigenvalue weighted by molar-refractivity contribution is 6.31. The van der Waals surface area contributed by atoms with Gasteiger partial charge in [0.05, 0.1) is 5.69 Å². The Hall–Kier alpha value is -2.86. The van der Waals surface area contributed by atoms with Gasteiger partial charge in [-0.1, -0.05) is 35.0 Å². The summed E-state index contributed by atoms with van der Waals surface area (Å²) in [5.74, 6) is -0.249. The Morgan fingerprint density at radius 1 is 1.03 bits per heavy atom. The van der Waals surface area contributed by atoms with Crippen LogP contribution in [0.5, 0.6) is 0 Å².